The van der Waals surface area contributed by atoms with Crippen LogP contribution in [0.2, 0.25) is 0 Å². The molecule has 2 aromatic rings. The van der Waals surface area contributed by atoms with E-state index in [1.165, 1.54) is 12.1 Å². The molecule has 0 spiro atoms. The number of anilines is 1. The minimum Gasteiger partial charge on any atom is -0.481 e. The smallest absolute Gasteiger partial charge is 0.303 e. The molecule has 160 valence electrons. The summed E-state index contributed by atoms with van der Waals surface area (Å²) < 4.78 is 35.6. The number of hydrogen-bond donors (Lipinski definition) is 1. The quantitative estimate of drug-likeness (QED) is 0.753. The van der Waals surface area contributed by atoms with E-state index in [1.807, 2.05) is 0 Å². The molecule has 4 rings (SSSR count). The fraction of sp³-hybridized carbons (Fsp3) is 0.500. The summed E-state index contributed by atoms with van der Waals surface area (Å²) in [5.41, 5.74) is 0.850. The van der Waals surface area contributed by atoms with E-state index < -0.39 is 17.6 Å². The van der Waals surface area contributed by atoms with Gasteiger partial charge in [-0.05, 0) is 57.1 Å². The Balaban J connectivity index is 1.54. The second-order valence-corrected chi connectivity index (χ2v) is 8.16. The van der Waals surface area contributed by atoms with Gasteiger partial charge in [0.05, 0.1) is 0 Å². The Labute approximate surface area is 173 Å². The van der Waals surface area contributed by atoms with Crippen molar-refractivity contribution in [2.75, 3.05) is 18.0 Å². The molecular weight excluding hydrogens is 392 g/mol. The molecule has 1 aromatic carbocycles. The van der Waals surface area contributed by atoms with Crippen LogP contribution < -0.4 is 9.64 Å². The van der Waals surface area contributed by atoms with Crippen molar-refractivity contribution < 1.29 is 23.4 Å². The molecule has 1 saturated carbocycles. The van der Waals surface area contributed by atoms with Crippen molar-refractivity contribution in [1.82, 2.24) is 9.97 Å². The zero-order valence-corrected chi connectivity index (χ0v) is 16.9. The number of nitrogens with zero attached hydrogens (tertiary/aromatic N) is 3. The Kier molecular flexibility index (Phi) is 5.83. The van der Waals surface area contributed by atoms with Crippen molar-refractivity contribution in [2.45, 2.75) is 51.6 Å². The number of ether oxygens (including phenoxy) is 1. The van der Waals surface area contributed by atoms with Crippen LogP contribution in [-0.4, -0.2) is 40.2 Å². The summed E-state index contributed by atoms with van der Waals surface area (Å²) in [5, 5.41) is 8.93. The molecule has 0 bridgehead atoms. The lowest BCUT2D eigenvalue weighted by atomic mass is 9.93. The first-order valence-electron chi connectivity index (χ1n) is 10.4. The van der Waals surface area contributed by atoms with Crippen LogP contribution in [0.1, 0.15) is 44.2 Å². The molecule has 1 aromatic heterocycles. The highest BCUT2D eigenvalue weighted by molar-refractivity contribution is 5.67. The van der Waals surface area contributed by atoms with Crippen LogP contribution in [0.15, 0.2) is 18.2 Å². The van der Waals surface area contributed by atoms with E-state index in [9.17, 15) is 13.6 Å². The second kappa shape index (κ2) is 8.53. The number of aromatic nitrogens is 2. The lowest BCUT2D eigenvalue weighted by molar-refractivity contribution is -0.138. The van der Waals surface area contributed by atoms with E-state index in [0.29, 0.717) is 37.5 Å². The predicted octanol–water partition coefficient (Wildman–Crippen LogP) is 4.35. The maximum atomic E-state index is 14.9. The lowest BCUT2D eigenvalue weighted by Crippen LogP contribution is -2.35. The Morgan fingerprint density at radius 2 is 1.80 bits per heavy atom. The molecule has 1 saturated heterocycles. The molecule has 30 heavy (non-hydrogen) atoms. The van der Waals surface area contributed by atoms with E-state index in [0.717, 1.165) is 19.3 Å². The number of aryl methyl sites for hydroxylation is 1. The molecule has 0 unspecified atom stereocenters. The molecule has 0 atom stereocenters. The first kappa shape index (κ1) is 20.5. The average molecular weight is 417 g/mol. The molecule has 2 heterocycles. The van der Waals surface area contributed by atoms with Crippen molar-refractivity contribution >= 4 is 11.7 Å². The predicted molar refractivity (Wildman–Crippen MR) is 108 cm³/mol. The van der Waals surface area contributed by atoms with E-state index in [2.05, 4.69) is 9.97 Å². The second-order valence-electron chi connectivity index (χ2n) is 8.16. The number of carboxylic acids is 1. The molecule has 1 aliphatic heterocycles. The molecule has 0 radical (unpaired) electrons. The third kappa shape index (κ3) is 4.52. The van der Waals surface area contributed by atoms with Gasteiger partial charge in [-0.3, -0.25) is 4.79 Å². The Morgan fingerprint density at radius 1 is 1.13 bits per heavy atom. The van der Waals surface area contributed by atoms with Crippen LogP contribution in [0.3, 0.4) is 0 Å². The van der Waals surface area contributed by atoms with Crippen molar-refractivity contribution in [1.29, 1.82) is 0 Å². The Morgan fingerprint density at radius 3 is 2.37 bits per heavy atom. The minimum atomic E-state index is -0.839. The summed E-state index contributed by atoms with van der Waals surface area (Å²) in [6.45, 7) is 2.64. The van der Waals surface area contributed by atoms with Crippen LogP contribution in [0.25, 0.3) is 11.4 Å². The Bertz CT molecular complexity index is 918. The van der Waals surface area contributed by atoms with Crippen molar-refractivity contribution in [3.63, 3.8) is 0 Å². The monoisotopic (exact) mass is 417 g/mol. The maximum Gasteiger partial charge on any atom is 0.303 e. The fourth-order valence-corrected chi connectivity index (χ4v) is 3.99. The summed E-state index contributed by atoms with van der Waals surface area (Å²) in [6, 6.07) is 4.23. The van der Waals surface area contributed by atoms with Gasteiger partial charge in [0.1, 0.15) is 23.4 Å². The number of aliphatic carboxylic acids is 1. The average Bonchev–Trinajstić information content (AvgIpc) is 2.64. The van der Waals surface area contributed by atoms with Crippen LogP contribution in [0, 0.1) is 24.5 Å². The van der Waals surface area contributed by atoms with Gasteiger partial charge in [-0.1, -0.05) is 0 Å². The molecule has 1 aliphatic carbocycles. The largest absolute Gasteiger partial charge is 0.481 e. The number of halogens is 2. The van der Waals surface area contributed by atoms with Gasteiger partial charge >= 0.3 is 5.97 Å². The zero-order valence-electron chi connectivity index (χ0n) is 16.9. The van der Waals surface area contributed by atoms with Crippen LogP contribution in [-0.2, 0) is 4.79 Å². The number of piperidine rings is 1. The van der Waals surface area contributed by atoms with Crippen molar-refractivity contribution in [3.8, 4) is 17.3 Å². The van der Waals surface area contributed by atoms with Crippen molar-refractivity contribution in [2.24, 2.45) is 5.92 Å². The summed E-state index contributed by atoms with van der Waals surface area (Å²) in [4.78, 5) is 21.2. The molecular formula is C22H25F2N3O3. The lowest BCUT2D eigenvalue weighted by Gasteiger charge is -2.33. The topological polar surface area (TPSA) is 75.5 Å². The van der Waals surface area contributed by atoms with E-state index in [-0.39, 0.29) is 35.5 Å². The number of benzene rings is 1. The van der Waals surface area contributed by atoms with Gasteiger partial charge in [0.15, 0.2) is 5.82 Å². The minimum absolute atomic E-state index is 0.0407. The van der Waals surface area contributed by atoms with Crippen LogP contribution >= 0.6 is 0 Å². The SMILES string of the molecule is Cc1cc(OC2CCC2)nc(-c2cc(F)c(N3CCC(CC(=O)O)CC3)c(F)c2)n1. The van der Waals surface area contributed by atoms with Crippen molar-refractivity contribution in [3.05, 3.63) is 35.5 Å². The highest BCUT2D eigenvalue weighted by Gasteiger charge is 2.26. The van der Waals surface area contributed by atoms with Gasteiger partial charge in [0.25, 0.3) is 0 Å². The van der Waals surface area contributed by atoms with Gasteiger partial charge in [0.2, 0.25) is 5.88 Å². The highest BCUT2D eigenvalue weighted by atomic mass is 19.1. The molecule has 8 heteroatoms. The summed E-state index contributed by atoms with van der Waals surface area (Å²) in [7, 11) is 0. The number of carbonyl (C=O) groups is 1. The van der Waals surface area contributed by atoms with E-state index in [1.54, 1.807) is 17.9 Å². The highest BCUT2D eigenvalue weighted by Crippen LogP contribution is 2.33. The van der Waals surface area contributed by atoms with Gasteiger partial charge < -0.3 is 14.7 Å². The van der Waals surface area contributed by atoms with E-state index in [4.69, 9.17) is 9.84 Å². The van der Waals surface area contributed by atoms with E-state index >= 15 is 0 Å². The first-order chi connectivity index (χ1) is 14.4. The molecule has 1 N–H and O–H groups in total. The normalized spacial score (nSPS) is 17.6. The van der Waals surface area contributed by atoms with Crippen LogP contribution in [0.5, 0.6) is 5.88 Å². The van der Waals surface area contributed by atoms with Gasteiger partial charge in [-0.2, -0.15) is 4.98 Å². The standard InChI is InChI=1S/C22H25F2N3O3/c1-13-9-19(30-16-3-2-4-16)26-22(25-13)15-11-17(23)21(18(24)12-15)27-7-5-14(6-8-27)10-20(28)29/h9,11-12,14,16H,2-8,10H2,1H3,(H,28,29). The number of carboxylic acid groups (broad SMARTS) is 1. The third-order valence-corrected chi connectivity index (χ3v) is 5.84. The summed E-state index contributed by atoms with van der Waals surface area (Å²) in [5.74, 6) is -1.49. The molecule has 0 amide bonds. The van der Waals surface area contributed by atoms with Gasteiger partial charge in [-0.25, -0.2) is 13.8 Å². The first-order valence-corrected chi connectivity index (χ1v) is 10.4. The maximum absolute atomic E-state index is 14.9. The zero-order chi connectivity index (χ0) is 21.3. The number of rotatable bonds is 6. The summed E-state index contributed by atoms with van der Waals surface area (Å²) >= 11 is 0. The third-order valence-electron chi connectivity index (χ3n) is 5.84. The fourth-order valence-electron chi connectivity index (χ4n) is 3.99. The molecule has 6 nitrogen and oxygen atoms in total. The number of hydrogen-bond acceptors (Lipinski definition) is 5. The summed E-state index contributed by atoms with van der Waals surface area (Å²) in [6.07, 6.45) is 4.53. The molecule has 2 fully saturated rings. The van der Waals surface area contributed by atoms with Crippen LogP contribution in [0.4, 0.5) is 14.5 Å². The van der Waals surface area contributed by atoms with Gasteiger partial charge in [-0.15, -0.1) is 0 Å². The Hall–Kier alpha value is -2.77. The van der Waals surface area contributed by atoms with Gasteiger partial charge in [0, 0.05) is 36.8 Å². The molecule has 2 aliphatic rings.